The van der Waals surface area contributed by atoms with Crippen molar-refractivity contribution in [3.8, 4) is 11.5 Å². The number of Topliss-reactive ketones (excluding diaryl/α,β-unsaturated/α-hetero) is 2. The van der Waals surface area contributed by atoms with Crippen LogP contribution in [0.4, 0.5) is 4.79 Å². The summed E-state index contributed by atoms with van der Waals surface area (Å²) in [5, 5.41) is 0. The maximum Gasteiger partial charge on any atom is 0.415 e. The first-order valence-electron chi connectivity index (χ1n) is 12.7. The molecule has 198 valence electrons. The van der Waals surface area contributed by atoms with Gasteiger partial charge in [0.25, 0.3) is 0 Å². The zero-order valence-corrected chi connectivity index (χ0v) is 23.0. The van der Waals surface area contributed by atoms with E-state index in [0.29, 0.717) is 36.6 Å². The number of nitrogens with zero attached hydrogens (tertiary/aromatic N) is 1. The molecule has 7 heteroatoms. The molecule has 2 atom stereocenters. The summed E-state index contributed by atoms with van der Waals surface area (Å²) in [6.45, 7) is 5.71. The minimum atomic E-state index is -0.907. The Balaban J connectivity index is 1.52. The highest BCUT2D eigenvalue weighted by atomic mass is 32.2. The minimum absolute atomic E-state index is 0.0285. The number of carbonyl (C=O) groups is 3. The van der Waals surface area contributed by atoms with Crippen molar-refractivity contribution < 1.29 is 23.9 Å². The second-order valence-electron chi connectivity index (χ2n) is 10.1. The van der Waals surface area contributed by atoms with Gasteiger partial charge in [-0.05, 0) is 81.3 Å². The maximum absolute atomic E-state index is 13.6. The molecular weight excluding hydrogens is 498 g/mol. The summed E-state index contributed by atoms with van der Waals surface area (Å²) in [5.74, 6) is 0.621. The second kappa shape index (κ2) is 11.9. The third-order valence-electron chi connectivity index (χ3n) is 7.00. The van der Waals surface area contributed by atoms with Gasteiger partial charge in [-0.15, -0.1) is 11.8 Å². The van der Waals surface area contributed by atoms with Gasteiger partial charge in [0.2, 0.25) is 0 Å². The highest BCUT2D eigenvalue weighted by Crippen LogP contribution is 2.32. The van der Waals surface area contributed by atoms with E-state index >= 15 is 0 Å². The highest BCUT2D eigenvalue weighted by Gasteiger charge is 2.40. The molecule has 3 aromatic rings. The number of amides is 1. The van der Waals surface area contributed by atoms with Crippen molar-refractivity contribution in [2.45, 2.75) is 37.7 Å². The number of likely N-dealkylation sites (tertiary alicyclic amines) is 1. The molecule has 0 bridgehead atoms. The summed E-state index contributed by atoms with van der Waals surface area (Å²) in [6.07, 6.45) is 2.16. The predicted molar refractivity (Wildman–Crippen MR) is 149 cm³/mol. The number of ketones is 2. The minimum Gasteiger partial charge on any atom is -0.480 e. The normalized spacial score (nSPS) is 17.2. The van der Waals surface area contributed by atoms with Crippen molar-refractivity contribution in [2.75, 3.05) is 19.3 Å². The van der Waals surface area contributed by atoms with Gasteiger partial charge in [-0.3, -0.25) is 9.59 Å². The Morgan fingerprint density at radius 2 is 1.55 bits per heavy atom. The molecule has 0 aliphatic carbocycles. The average molecular weight is 532 g/mol. The van der Waals surface area contributed by atoms with Gasteiger partial charge in [0.1, 0.15) is 11.5 Å². The topological polar surface area (TPSA) is 72.9 Å². The monoisotopic (exact) mass is 531 g/mol. The van der Waals surface area contributed by atoms with Gasteiger partial charge in [0, 0.05) is 29.5 Å². The molecule has 0 radical (unpaired) electrons. The third-order valence-corrected chi connectivity index (χ3v) is 7.74. The SMILES string of the molecule is CSc1ccc(C(=O)[C@H]2CN(C(=O)Oc3ccccc3)C[C@@H]2Cc2ccc(OC(C)(C)C(C)=O)cc2)cc1. The molecule has 1 heterocycles. The van der Waals surface area contributed by atoms with E-state index in [1.807, 2.05) is 73.0 Å². The second-order valence-corrected chi connectivity index (χ2v) is 10.9. The number of thioether (sulfide) groups is 1. The van der Waals surface area contributed by atoms with Gasteiger partial charge in [-0.2, -0.15) is 0 Å². The Morgan fingerprint density at radius 3 is 2.16 bits per heavy atom. The van der Waals surface area contributed by atoms with Crippen LogP contribution in [-0.2, 0) is 11.2 Å². The molecule has 0 spiro atoms. The Kier molecular flexibility index (Phi) is 8.57. The Bertz CT molecular complexity index is 1270. The smallest absolute Gasteiger partial charge is 0.415 e. The first-order chi connectivity index (χ1) is 18.2. The van der Waals surface area contributed by atoms with Crippen LogP contribution in [0.25, 0.3) is 0 Å². The number of benzene rings is 3. The highest BCUT2D eigenvalue weighted by molar-refractivity contribution is 7.98. The van der Waals surface area contributed by atoms with E-state index in [0.717, 1.165) is 10.5 Å². The summed E-state index contributed by atoms with van der Waals surface area (Å²) in [5.41, 5.74) is 0.763. The molecule has 3 aromatic carbocycles. The lowest BCUT2D eigenvalue weighted by molar-refractivity contribution is -0.129. The molecule has 1 aliphatic rings. The zero-order chi connectivity index (χ0) is 27.3. The number of hydrogen-bond donors (Lipinski definition) is 0. The van der Waals surface area contributed by atoms with Crippen LogP contribution in [0.1, 0.15) is 36.7 Å². The fourth-order valence-electron chi connectivity index (χ4n) is 4.51. The number of hydrogen-bond acceptors (Lipinski definition) is 6. The van der Waals surface area contributed by atoms with E-state index in [1.54, 1.807) is 42.6 Å². The van der Waals surface area contributed by atoms with E-state index < -0.39 is 11.7 Å². The van der Waals surface area contributed by atoms with Gasteiger partial charge in [-0.25, -0.2) is 4.79 Å². The lowest BCUT2D eigenvalue weighted by Gasteiger charge is -2.23. The van der Waals surface area contributed by atoms with Crippen molar-refractivity contribution in [2.24, 2.45) is 11.8 Å². The molecule has 0 aromatic heterocycles. The van der Waals surface area contributed by atoms with Crippen LogP contribution < -0.4 is 9.47 Å². The summed E-state index contributed by atoms with van der Waals surface area (Å²) in [4.78, 5) is 41.1. The van der Waals surface area contributed by atoms with Gasteiger partial charge in [0.05, 0.1) is 0 Å². The maximum atomic E-state index is 13.6. The van der Waals surface area contributed by atoms with Crippen molar-refractivity contribution in [3.05, 3.63) is 90.0 Å². The van der Waals surface area contributed by atoms with Crippen molar-refractivity contribution in [3.63, 3.8) is 0 Å². The van der Waals surface area contributed by atoms with Crippen LogP contribution >= 0.6 is 11.8 Å². The van der Waals surface area contributed by atoms with Crippen LogP contribution in [0.15, 0.2) is 83.8 Å². The Morgan fingerprint density at radius 1 is 0.895 bits per heavy atom. The van der Waals surface area contributed by atoms with Crippen LogP contribution in [0, 0.1) is 11.8 Å². The molecular formula is C31H33NO5S. The van der Waals surface area contributed by atoms with Gasteiger partial charge in [0.15, 0.2) is 17.2 Å². The lowest BCUT2D eigenvalue weighted by atomic mass is 9.84. The van der Waals surface area contributed by atoms with E-state index in [2.05, 4.69) is 0 Å². The molecule has 0 unspecified atom stereocenters. The first-order valence-corrected chi connectivity index (χ1v) is 13.9. The van der Waals surface area contributed by atoms with E-state index in [1.165, 1.54) is 6.92 Å². The van der Waals surface area contributed by atoms with Gasteiger partial charge >= 0.3 is 6.09 Å². The Hall–Kier alpha value is -3.58. The zero-order valence-electron chi connectivity index (χ0n) is 22.2. The molecule has 1 saturated heterocycles. The molecule has 4 rings (SSSR count). The van der Waals surface area contributed by atoms with Crippen molar-refractivity contribution >= 4 is 29.4 Å². The summed E-state index contributed by atoms with van der Waals surface area (Å²) in [7, 11) is 0. The quantitative estimate of drug-likeness (QED) is 0.237. The molecule has 0 N–H and O–H groups in total. The third kappa shape index (κ3) is 6.64. The van der Waals surface area contributed by atoms with E-state index in [9.17, 15) is 14.4 Å². The fraction of sp³-hybridized carbons (Fsp3) is 0.323. The summed E-state index contributed by atoms with van der Waals surface area (Å²) < 4.78 is 11.4. The molecule has 1 aliphatic heterocycles. The molecule has 1 amide bonds. The van der Waals surface area contributed by atoms with Crippen LogP contribution in [-0.4, -0.2) is 47.5 Å². The predicted octanol–water partition coefficient (Wildman–Crippen LogP) is 6.33. The van der Waals surface area contributed by atoms with Crippen LogP contribution in [0.3, 0.4) is 0 Å². The van der Waals surface area contributed by atoms with E-state index in [4.69, 9.17) is 9.47 Å². The molecule has 6 nitrogen and oxygen atoms in total. The van der Waals surface area contributed by atoms with Gasteiger partial charge in [-0.1, -0.05) is 42.5 Å². The molecule has 38 heavy (non-hydrogen) atoms. The van der Waals surface area contributed by atoms with E-state index in [-0.39, 0.29) is 23.4 Å². The van der Waals surface area contributed by atoms with Crippen molar-refractivity contribution in [1.29, 1.82) is 0 Å². The van der Waals surface area contributed by atoms with Gasteiger partial charge < -0.3 is 14.4 Å². The van der Waals surface area contributed by atoms with Crippen LogP contribution in [0.2, 0.25) is 0 Å². The summed E-state index contributed by atoms with van der Waals surface area (Å²) >= 11 is 1.63. The average Bonchev–Trinajstić information content (AvgIpc) is 3.33. The number of rotatable bonds is 9. The Labute approximate surface area is 228 Å². The largest absolute Gasteiger partial charge is 0.480 e. The fourth-order valence-corrected chi connectivity index (χ4v) is 4.92. The number of carbonyl (C=O) groups excluding carboxylic acids is 3. The number of ether oxygens (including phenoxy) is 2. The lowest BCUT2D eigenvalue weighted by Crippen LogP contribution is -2.36. The first kappa shape index (κ1) is 27.5. The standard InChI is InChI=1S/C31H33NO5S/c1-21(33)31(2,3)37-26-14-10-22(11-15-26)18-24-19-32(30(35)36-25-8-6-5-7-9-25)20-28(24)29(34)23-12-16-27(38-4)17-13-23/h5-17,24,28H,18-20H2,1-4H3/t24-,28-/m0/s1. The summed E-state index contributed by atoms with van der Waals surface area (Å²) in [6, 6.07) is 24.1. The molecule has 1 fully saturated rings. The van der Waals surface area contributed by atoms with Crippen LogP contribution in [0.5, 0.6) is 11.5 Å². The number of para-hydroxylation sites is 1. The molecule has 0 saturated carbocycles. The van der Waals surface area contributed by atoms with Crippen molar-refractivity contribution in [1.82, 2.24) is 4.90 Å².